The van der Waals surface area contributed by atoms with Crippen LogP contribution in [-0.2, 0) is 11.2 Å². The third kappa shape index (κ3) is 5.11. The van der Waals surface area contributed by atoms with E-state index in [1.54, 1.807) is 7.11 Å². The fraction of sp³-hybridized carbons (Fsp3) is 0.190. The first-order valence-electron chi connectivity index (χ1n) is 9.40. The summed E-state index contributed by atoms with van der Waals surface area (Å²) in [6, 6.07) is 15.8. The van der Waals surface area contributed by atoms with Crippen LogP contribution in [0.5, 0.6) is 5.75 Å². The number of nitrogens with one attached hydrogen (secondary N) is 3. The van der Waals surface area contributed by atoms with Crippen molar-refractivity contribution in [3.05, 3.63) is 60.3 Å². The zero-order valence-corrected chi connectivity index (χ0v) is 18.0. The summed E-state index contributed by atoms with van der Waals surface area (Å²) in [6.07, 6.45) is 2.79. The summed E-state index contributed by atoms with van der Waals surface area (Å²) in [5.41, 5.74) is 3.19. The molecule has 154 valence electrons. The van der Waals surface area contributed by atoms with Crippen molar-refractivity contribution in [2.24, 2.45) is 0 Å². The molecule has 0 spiro atoms. The lowest BCUT2D eigenvalue weighted by atomic mass is 10.1. The number of H-pyrrole nitrogens is 1. The van der Waals surface area contributed by atoms with Crippen molar-refractivity contribution in [2.75, 3.05) is 24.7 Å². The van der Waals surface area contributed by atoms with Crippen LogP contribution in [0.2, 0.25) is 0 Å². The first-order valence-corrected chi connectivity index (χ1v) is 11.2. The zero-order chi connectivity index (χ0) is 20.8. The van der Waals surface area contributed by atoms with Crippen molar-refractivity contribution in [1.29, 1.82) is 0 Å². The van der Waals surface area contributed by atoms with Gasteiger partial charge in [0.1, 0.15) is 5.75 Å². The van der Waals surface area contributed by atoms with Crippen LogP contribution < -0.4 is 15.4 Å². The van der Waals surface area contributed by atoms with Gasteiger partial charge in [-0.05, 0) is 30.2 Å². The molecule has 2 aromatic heterocycles. The van der Waals surface area contributed by atoms with Crippen LogP contribution in [0.15, 0.2) is 59.1 Å². The fourth-order valence-electron chi connectivity index (χ4n) is 3.00. The second-order valence-electron chi connectivity index (χ2n) is 6.48. The van der Waals surface area contributed by atoms with E-state index in [1.807, 2.05) is 48.7 Å². The van der Waals surface area contributed by atoms with E-state index in [0.717, 1.165) is 27.7 Å². The second-order valence-corrected chi connectivity index (χ2v) is 8.68. The minimum atomic E-state index is -0.0163. The van der Waals surface area contributed by atoms with Gasteiger partial charge >= 0.3 is 0 Å². The SMILES string of the molecule is COc1cccc(Nc2nnc(SCC(=O)NCCc3c[nH]c4ccccc34)s2)c1. The van der Waals surface area contributed by atoms with Gasteiger partial charge in [-0.1, -0.05) is 47.4 Å². The van der Waals surface area contributed by atoms with Crippen LogP contribution in [0.25, 0.3) is 10.9 Å². The van der Waals surface area contributed by atoms with Gasteiger partial charge in [0.2, 0.25) is 11.0 Å². The molecule has 0 saturated heterocycles. The number of hydrogen-bond acceptors (Lipinski definition) is 7. The Morgan fingerprint density at radius 2 is 2.10 bits per heavy atom. The predicted molar refractivity (Wildman–Crippen MR) is 122 cm³/mol. The van der Waals surface area contributed by atoms with Crippen LogP contribution in [0.1, 0.15) is 5.56 Å². The van der Waals surface area contributed by atoms with Gasteiger partial charge in [0.05, 0.1) is 12.9 Å². The number of amides is 1. The minimum absolute atomic E-state index is 0.0163. The molecule has 7 nitrogen and oxygen atoms in total. The molecule has 9 heteroatoms. The molecule has 1 amide bonds. The quantitative estimate of drug-likeness (QED) is 0.338. The summed E-state index contributed by atoms with van der Waals surface area (Å²) >= 11 is 2.79. The Morgan fingerprint density at radius 1 is 1.20 bits per heavy atom. The summed E-state index contributed by atoms with van der Waals surface area (Å²) in [4.78, 5) is 15.4. The molecule has 2 aromatic carbocycles. The van der Waals surface area contributed by atoms with E-state index in [1.165, 1.54) is 34.0 Å². The maximum Gasteiger partial charge on any atom is 0.230 e. The standard InChI is InChI=1S/C21H21N5O2S2/c1-28-16-6-4-5-15(11-16)24-20-25-26-21(30-20)29-13-19(27)22-10-9-14-12-23-18-8-3-2-7-17(14)18/h2-8,11-12,23H,9-10,13H2,1H3,(H,22,27)(H,24,25). The highest BCUT2D eigenvalue weighted by Crippen LogP contribution is 2.28. The topological polar surface area (TPSA) is 91.9 Å². The van der Waals surface area contributed by atoms with Crippen molar-refractivity contribution in [1.82, 2.24) is 20.5 Å². The van der Waals surface area contributed by atoms with E-state index in [9.17, 15) is 4.79 Å². The van der Waals surface area contributed by atoms with Crippen molar-refractivity contribution in [2.45, 2.75) is 10.8 Å². The van der Waals surface area contributed by atoms with Gasteiger partial charge in [-0.2, -0.15) is 0 Å². The molecule has 3 N–H and O–H groups in total. The molecule has 0 saturated carbocycles. The molecule has 0 atom stereocenters. The molecule has 0 aliphatic carbocycles. The van der Waals surface area contributed by atoms with Crippen molar-refractivity contribution in [3.8, 4) is 5.75 Å². The highest BCUT2D eigenvalue weighted by molar-refractivity contribution is 8.01. The first-order chi connectivity index (χ1) is 14.7. The van der Waals surface area contributed by atoms with E-state index >= 15 is 0 Å². The molecular weight excluding hydrogens is 418 g/mol. The number of hydrogen-bond donors (Lipinski definition) is 3. The van der Waals surface area contributed by atoms with Gasteiger partial charge in [-0.15, -0.1) is 10.2 Å². The molecular formula is C21H21N5O2S2. The molecule has 0 aliphatic rings. The number of methoxy groups -OCH3 is 1. The van der Waals surface area contributed by atoms with E-state index in [4.69, 9.17) is 4.74 Å². The number of para-hydroxylation sites is 1. The predicted octanol–water partition coefficient (Wildman–Crippen LogP) is 4.22. The molecule has 0 fully saturated rings. The summed E-state index contributed by atoms with van der Waals surface area (Å²) in [5.74, 6) is 1.06. The number of fused-ring (bicyclic) bond motifs is 1. The van der Waals surface area contributed by atoms with Crippen LogP contribution in [-0.4, -0.2) is 40.5 Å². The highest BCUT2D eigenvalue weighted by atomic mass is 32.2. The molecule has 0 bridgehead atoms. The van der Waals surface area contributed by atoms with Gasteiger partial charge in [0.15, 0.2) is 4.34 Å². The van der Waals surface area contributed by atoms with E-state index in [0.29, 0.717) is 17.4 Å². The summed E-state index contributed by atoms with van der Waals surface area (Å²) < 4.78 is 5.96. The molecule has 4 rings (SSSR count). The van der Waals surface area contributed by atoms with Crippen LogP contribution in [0.4, 0.5) is 10.8 Å². The number of nitrogens with zero attached hydrogens (tertiary/aromatic N) is 2. The third-order valence-electron chi connectivity index (χ3n) is 4.45. The lowest BCUT2D eigenvalue weighted by Crippen LogP contribution is -2.27. The summed E-state index contributed by atoms with van der Waals surface area (Å²) in [7, 11) is 1.63. The smallest absolute Gasteiger partial charge is 0.230 e. The maximum absolute atomic E-state index is 12.2. The van der Waals surface area contributed by atoms with Crippen LogP contribution in [0.3, 0.4) is 0 Å². The van der Waals surface area contributed by atoms with E-state index in [-0.39, 0.29) is 5.91 Å². The monoisotopic (exact) mass is 439 g/mol. The molecule has 0 unspecified atom stereocenters. The summed E-state index contributed by atoms with van der Waals surface area (Å²) in [5, 5.41) is 16.3. The molecule has 2 heterocycles. The molecule has 4 aromatic rings. The molecule has 30 heavy (non-hydrogen) atoms. The molecule has 0 radical (unpaired) electrons. The van der Waals surface area contributed by atoms with Gasteiger partial charge in [-0.25, -0.2) is 0 Å². The lowest BCUT2D eigenvalue weighted by molar-refractivity contribution is -0.118. The van der Waals surface area contributed by atoms with Crippen LogP contribution >= 0.6 is 23.1 Å². The Labute approximate surface area is 182 Å². The maximum atomic E-state index is 12.2. The number of rotatable bonds is 9. The Bertz CT molecular complexity index is 1140. The van der Waals surface area contributed by atoms with Gasteiger partial charge < -0.3 is 20.4 Å². The number of aromatic nitrogens is 3. The van der Waals surface area contributed by atoms with E-state index in [2.05, 4.69) is 31.9 Å². The first kappa shape index (κ1) is 20.2. The second kappa shape index (κ2) is 9.64. The minimum Gasteiger partial charge on any atom is -0.497 e. The summed E-state index contributed by atoms with van der Waals surface area (Å²) in [6.45, 7) is 0.597. The Balaban J connectivity index is 1.22. The number of anilines is 2. The van der Waals surface area contributed by atoms with Crippen molar-refractivity contribution in [3.63, 3.8) is 0 Å². The van der Waals surface area contributed by atoms with Crippen molar-refractivity contribution >= 4 is 50.7 Å². The average molecular weight is 440 g/mol. The number of thioether (sulfide) groups is 1. The number of aromatic amines is 1. The number of carbonyl (C=O) groups is 1. The molecule has 0 aliphatic heterocycles. The number of ether oxygens (including phenoxy) is 1. The van der Waals surface area contributed by atoms with Crippen molar-refractivity contribution < 1.29 is 9.53 Å². The lowest BCUT2D eigenvalue weighted by Gasteiger charge is -2.04. The number of benzene rings is 2. The van der Waals surface area contributed by atoms with Crippen LogP contribution in [0, 0.1) is 0 Å². The Morgan fingerprint density at radius 3 is 3.00 bits per heavy atom. The van der Waals surface area contributed by atoms with E-state index < -0.39 is 0 Å². The normalized spacial score (nSPS) is 10.8. The third-order valence-corrected chi connectivity index (χ3v) is 6.42. The number of carbonyl (C=O) groups excluding carboxylic acids is 1. The Hall–Kier alpha value is -3.04. The zero-order valence-electron chi connectivity index (χ0n) is 16.3. The highest BCUT2D eigenvalue weighted by Gasteiger charge is 2.09. The van der Waals surface area contributed by atoms with Gasteiger partial charge in [0.25, 0.3) is 0 Å². The van der Waals surface area contributed by atoms with Gasteiger partial charge in [0, 0.05) is 35.4 Å². The largest absolute Gasteiger partial charge is 0.497 e. The fourth-order valence-corrected chi connectivity index (χ4v) is 4.60. The Kier molecular flexibility index (Phi) is 6.50. The average Bonchev–Trinajstić information content (AvgIpc) is 3.39. The van der Waals surface area contributed by atoms with Gasteiger partial charge in [-0.3, -0.25) is 4.79 Å².